The van der Waals surface area contributed by atoms with E-state index >= 15 is 0 Å². The highest BCUT2D eigenvalue weighted by molar-refractivity contribution is 6.01. The number of anilines is 1. The maximum absolute atomic E-state index is 14.9. The van der Waals surface area contributed by atoms with Gasteiger partial charge in [0.25, 0.3) is 0 Å². The fourth-order valence-electron chi connectivity index (χ4n) is 4.90. The summed E-state index contributed by atoms with van der Waals surface area (Å²) in [6.45, 7) is 9.55. The van der Waals surface area contributed by atoms with E-state index in [4.69, 9.17) is 10.1 Å². The van der Waals surface area contributed by atoms with Gasteiger partial charge in [0.1, 0.15) is 22.8 Å². The third-order valence-corrected chi connectivity index (χ3v) is 6.68. The number of halogens is 1. The molecule has 2 N–H and O–H groups in total. The second-order valence-corrected chi connectivity index (χ2v) is 9.28. The van der Waals surface area contributed by atoms with E-state index in [1.165, 1.54) is 11.6 Å². The minimum absolute atomic E-state index is 0.0673. The van der Waals surface area contributed by atoms with Crippen molar-refractivity contribution in [3.05, 3.63) is 64.8 Å². The third-order valence-electron chi connectivity index (χ3n) is 6.68. The summed E-state index contributed by atoms with van der Waals surface area (Å²) in [4.78, 5) is 7.15. The van der Waals surface area contributed by atoms with Crippen LogP contribution in [0.5, 0.6) is 0 Å². The lowest BCUT2D eigenvalue weighted by molar-refractivity contribution is 0.386. The number of benzene rings is 1. The van der Waals surface area contributed by atoms with Gasteiger partial charge in [-0.25, -0.2) is 9.37 Å². The first-order valence-electron chi connectivity index (χ1n) is 12.0. The van der Waals surface area contributed by atoms with Gasteiger partial charge in [-0.05, 0) is 37.0 Å². The summed E-state index contributed by atoms with van der Waals surface area (Å²) in [5.41, 5.74) is 5.14. The van der Waals surface area contributed by atoms with Crippen molar-refractivity contribution in [1.29, 1.82) is 0 Å². The molecule has 1 fully saturated rings. The van der Waals surface area contributed by atoms with E-state index in [9.17, 15) is 9.50 Å². The highest BCUT2D eigenvalue weighted by atomic mass is 19.1. The number of hydrogen-bond donors (Lipinski definition) is 2. The molecule has 3 heterocycles. The molecule has 0 radical (unpaired) electrons. The van der Waals surface area contributed by atoms with Crippen molar-refractivity contribution in [3.8, 4) is 11.3 Å². The van der Waals surface area contributed by atoms with E-state index in [2.05, 4.69) is 41.3 Å². The average Bonchev–Trinajstić information content (AvgIpc) is 2.84. The highest BCUT2D eigenvalue weighted by Gasteiger charge is 2.25. The topological polar surface area (TPSA) is 74.2 Å². The Labute approximate surface area is 199 Å². The normalized spacial score (nSPS) is 17.0. The van der Waals surface area contributed by atoms with Gasteiger partial charge >= 0.3 is 0 Å². The number of pyridine rings is 1. The van der Waals surface area contributed by atoms with E-state index in [1.54, 1.807) is 0 Å². The Morgan fingerprint density at radius 3 is 2.59 bits per heavy atom. The zero-order valence-corrected chi connectivity index (χ0v) is 19.9. The Morgan fingerprint density at radius 1 is 1.09 bits per heavy atom. The summed E-state index contributed by atoms with van der Waals surface area (Å²) in [6, 6.07) is 10.1. The van der Waals surface area contributed by atoms with Gasteiger partial charge in [0.2, 0.25) is 0 Å². The molecule has 1 aromatic carbocycles. The van der Waals surface area contributed by atoms with Crippen LogP contribution in [0.4, 0.5) is 10.2 Å². The molecule has 2 aliphatic rings. The first-order valence-corrected chi connectivity index (χ1v) is 12.0. The number of aliphatic hydroxyl groups excluding tert-OH is 1. The molecule has 3 aromatic rings. The number of fused-ring (bicyclic) bond motifs is 1. The van der Waals surface area contributed by atoms with Crippen molar-refractivity contribution in [1.82, 2.24) is 20.5 Å². The highest BCUT2D eigenvalue weighted by Crippen LogP contribution is 2.39. The van der Waals surface area contributed by atoms with E-state index in [1.807, 2.05) is 25.1 Å². The van der Waals surface area contributed by atoms with Gasteiger partial charge in [-0.1, -0.05) is 38.1 Å². The zero-order valence-electron chi connectivity index (χ0n) is 19.9. The third kappa shape index (κ3) is 3.94. The molecule has 34 heavy (non-hydrogen) atoms. The van der Waals surface area contributed by atoms with Crippen LogP contribution in [0.1, 0.15) is 49.4 Å². The lowest BCUT2D eigenvalue weighted by Gasteiger charge is -2.29. The number of aliphatic hydroxyl groups is 1. The molecule has 176 valence electrons. The van der Waals surface area contributed by atoms with Crippen molar-refractivity contribution in [2.24, 2.45) is 0 Å². The van der Waals surface area contributed by atoms with Crippen LogP contribution in [-0.4, -0.2) is 46.5 Å². The Kier molecular flexibility index (Phi) is 6.04. The largest absolute Gasteiger partial charge is 0.512 e. The molecule has 6 nitrogen and oxygen atoms in total. The Balaban J connectivity index is 1.80. The molecule has 5 rings (SSSR count). The summed E-state index contributed by atoms with van der Waals surface area (Å²) < 4.78 is 14.9. The quantitative estimate of drug-likeness (QED) is 0.541. The first-order chi connectivity index (χ1) is 16.5. The summed E-state index contributed by atoms with van der Waals surface area (Å²) in [6.07, 6.45) is 2.45. The van der Waals surface area contributed by atoms with Gasteiger partial charge in [-0.15, -0.1) is 10.2 Å². The molecule has 0 unspecified atom stereocenters. The van der Waals surface area contributed by atoms with Crippen LogP contribution in [0.2, 0.25) is 0 Å². The molecule has 1 aliphatic heterocycles. The maximum atomic E-state index is 14.9. The average molecular weight is 460 g/mol. The monoisotopic (exact) mass is 459 g/mol. The first kappa shape index (κ1) is 22.5. The van der Waals surface area contributed by atoms with Crippen LogP contribution in [0, 0.1) is 6.92 Å². The lowest BCUT2D eigenvalue weighted by atomic mass is 9.91. The fraction of sp³-hybridized carbons (Fsp3) is 0.370. The molecule has 0 saturated carbocycles. The fourth-order valence-corrected chi connectivity index (χ4v) is 4.90. The van der Waals surface area contributed by atoms with Crippen LogP contribution in [0.3, 0.4) is 0 Å². The Morgan fingerprint density at radius 2 is 1.85 bits per heavy atom. The van der Waals surface area contributed by atoms with Crippen molar-refractivity contribution in [3.63, 3.8) is 0 Å². The number of piperazine rings is 1. The smallest absolute Gasteiger partial charge is 0.177 e. The number of aryl methyl sites for hydroxylation is 1. The van der Waals surface area contributed by atoms with Crippen molar-refractivity contribution in [2.45, 2.75) is 39.5 Å². The molecule has 0 amide bonds. The van der Waals surface area contributed by atoms with Crippen LogP contribution in [0.25, 0.3) is 27.7 Å². The summed E-state index contributed by atoms with van der Waals surface area (Å²) >= 11 is 0. The molecule has 0 spiro atoms. The van der Waals surface area contributed by atoms with E-state index in [0.717, 1.165) is 54.2 Å². The van der Waals surface area contributed by atoms with E-state index in [0.29, 0.717) is 30.0 Å². The molecular weight excluding hydrogens is 429 g/mol. The molecule has 0 bridgehead atoms. The minimum atomic E-state index is -0.401. The minimum Gasteiger partial charge on any atom is -0.512 e. The molecular formula is C27H30FN5O. The van der Waals surface area contributed by atoms with Crippen LogP contribution in [0.15, 0.2) is 48.0 Å². The second kappa shape index (κ2) is 9.14. The zero-order chi connectivity index (χ0) is 23.8. The summed E-state index contributed by atoms with van der Waals surface area (Å²) in [7, 11) is 0. The second-order valence-electron chi connectivity index (χ2n) is 9.28. The molecule has 2 aromatic heterocycles. The predicted octanol–water partition coefficient (Wildman–Crippen LogP) is 5.45. The maximum Gasteiger partial charge on any atom is 0.177 e. The van der Waals surface area contributed by atoms with Crippen LogP contribution >= 0.6 is 0 Å². The predicted molar refractivity (Wildman–Crippen MR) is 135 cm³/mol. The lowest BCUT2D eigenvalue weighted by Crippen LogP contribution is -2.44. The number of rotatable bonds is 4. The number of hydrogen-bond acceptors (Lipinski definition) is 6. The van der Waals surface area contributed by atoms with Gasteiger partial charge in [0, 0.05) is 54.8 Å². The molecule has 1 saturated heterocycles. The van der Waals surface area contributed by atoms with Crippen LogP contribution < -0.4 is 10.2 Å². The number of aromatic nitrogens is 3. The van der Waals surface area contributed by atoms with Gasteiger partial charge in [-0.3, -0.25) is 0 Å². The Hall–Kier alpha value is -3.32. The standard InChI is InChI=1S/C27H30FN5O/c1-16(2)18-7-4-5-8-19(18)25-21-15-20(24-22(28)9-6-10-23(24)34)17(3)30-26(21)27(32-31-25)33-13-11-29-12-14-33/h4-5,7-9,15-16,29,34H,6,10-14H2,1-3H3. The van der Waals surface area contributed by atoms with Gasteiger partial charge in [0.15, 0.2) is 5.82 Å². The van der Waals surface area contributed by atoms with Crippen molar-refractivity contribution in [2.75, 3.05) is 31.1 Å². The van der Waals surface area contributed by atoms with Gasteiger partial charge in [0.05, 0.1) is 5.57 Å². The van der Waals surface area contributed by atoms with E-state index < -0.39 is 5.83 Å². The van der Waals surface area contributed by atoms with Gasteiger partial charge < -0.3 is 15.3 Å². The Bertz CT molecular complexity index is 1310. The molecule has 1 aliphatic carbocycles. The van der Waals surface area contributed by atoms with Crippen molar-refractivity contribution < 1.29 is 9.50 Å². The van der Waals surface area contributed by atoms with Crippen molar-refractivity contribution >= 4 is 22.3 Å². The summed E-state index contributed by atoms with van der Waals surface area (Å²) in [5.74, 6) is 0.707. The molecule has 7 heteroatoms. The van der Waals surface area contributed by atoms with Crippen LogP contribution in [-0.2, 0) is 0 Å². The number of allylic oxidation sites excluding steroid dienone is 4. The van der Waals surface area contributed by atoms with E-state index in [-0.39, 0.29) is 11.3 Å². The number of nitrogens with zero attached hydrogens (tertiary/aromatic N) is 4. The number of nitrogens with one attached hydrogen (secondary N) is 1. The summed E-state index contributed by atoms with van der Waals surface area (Å²) in [5, 5.41) is 24.1. The van der Waals surface area contributed by atoms with Gasteiger partial charge in [-0.2, -0.15) is 0 Å². The SMILES string of the molecule is Cc1nc2c(N3CCNCC3)nnc(-c3ccccc3C(C)C)c2cc1C1=C(O)CCC=C1F. The molecule has 0 atom stereocenters.